The van der Waals surface area contributed by atoms with Gasteiger partial charge in [0.15, 0.2) is 0 Å². The van der Waals surface area contributed by atoms with Crippen LogP contribution in [0.25, 0.3) is 0 Å². The zero-order valence-electron chi connectivity index (χ0n) is 13.1. The van der Waals surface area contributed by atoms with Crippen LogP contribution in [-0.2, 0) is 4.74 Å². The molecule has 0 spiro atoms. The number of nitrogens with two attached hydrogens (primary N) is 1. The summed E-state index contributed by atoms with van der Waals surface area (Å²) in [6.45, 7) is 10.1. The maximum Gasteiger partial charge on any atom is 0.0615 e. The Morgan fingerprint density at radius 2 is 1.94 bits per heavy atom. The highest BCUT2D eigenvalue weighted by atomic mass is 16.5. The Labute approximate surface area is 113 Å². The molecule has 0 bridgehead atoms. The van der Waals surface area contributed by atoms with Crippen molar-refractivity contribution in [2.75, 3.05) is 20.8 Å². The molecular weight excluding hydrogens is 224 g/mol. The number of hydrogen-bond donors (Lipinski definition) is 1. The molecular formula is C15H32N2O. The van der Waals surface area contributed by atoms with Gasteiger partial charge in [-0.15, -0.1) is 0 Å². The molecule has 2 N–H and O–H groups in total. The minimum Gasteiger partial charge on any atom is -0.383 e. The van der Waals surface area contributed by atoms with E-state index in [1.165, 1.54) is 12.8 Å². The quantitative estimate of drug-likeness (QED) is 0.840. The lowest BCUT2D eigenvalue weighted by atomic mass is 9.69. The molecule has 0 aromatic rings. The Kier molecular flexibility index (Phi) is 5.63. The minimum absolute atomic E-state index is 0.313. The van der Waals surface area contributed by atoms with E-state index in [1.807, 2.05) is 0 Å². The molecule has 1 aliphatic rings. The fraction of sp³-hybridized carbons (Fsp3) is 1.00. The van der Waals surface area contributed by atoms with E-state index in [9.17, 15) is 0 Å². The summed E-state index contributed by atoms with van der Waals surface area (Å²) in [6.07, 6.45) is 3.64. The number of hydrogen-bond acceptors (Lipinski definition) is 3. The van der Waals surface area contributed by atoms with Gasteiger partial charge in [0, 0.05) is 25.2 Å². The average Bonchev–Trinajstić information content (AvgIpc) is 2.27. The molecule has 3 nitrogen and oxygen atoms in total. The lowest BCUT2D eigenvalue weighted by Crippen LogP contribution is -2.54. The van der Waals surface area contributed by atoms with Gasteiger partial charge in [0.25, 0.3) is 0 Å². The van der Waals surface area contributed by atoms with Crippen LogP contribution in [0.1, 0.15) is 47.0 Å². The van der Waals surface area contributed by atoms with E-state index in [-0.39, 0.29) is 0 Å². The lowest BCUT2D eigenvalue weighted by molar-refractivity contribution is 0.0364. The van der Waals surface area contributed by atoms with Gasteiger partial charge in [-0.3, -0.25) is 4.90 Å². The normalized spacial score (nSPS) is 31.7. The fourth-order valence-corrected chi connectivity index (χ4v) is 3.11. The number of methoxy groups -OCH3 is 1. The van der Waals surface area contributed by atoms with Crippen molar-refractivity contribution < 1.29 is 4.74 Å². The van der Waals surface area contributed by atoms with E-state index < -0.39 is 0 Å². The first-order chi connectivity index (χ1) is 8.27. The summed E-state index contributed by atoms with van der Waals surface area (Å²) in [5.74, 6) is 0.777. The summed E-state index contributed by atoms with van der Waals surface area (Å²) in [6, 6.07) is 1.24. The Morgan fingerprint density at radius 3 is 2.44 bits per heavy atom. The van der Waals surface area contributed by atoms with Gasteiger partial charge in [0.1, 0.15) is 0 Å². The third-order valence-electron chi connectivity index (χ3n) is 4.72. The topological polar surface area (TPSA) is 38.5 Å². The third-order valence-corrected chi connectivity index (χ3v) is 4.72. The van der Waals surface area contributed by atoms with Gasteiger partial charge in [0.05, 0.1) is 6.61 Å². The van der Waals surface area contributed by atoms with Gasteiger partial charge in [0.2, 0.25) is 0 Å². The Morgan fingerprint density at radius 1 is 1.33 bits per heavy atom. The molecule has 1 fully saturated rings. The average molecular weight is 256 g/mol. The summed E-state index contributed by atoms with van der Waals surface area (Å²) in [4.78, 5) is 2.42. The van der Waals surface area contributed by atoms with Gasteiger partial charge < -0.3 is 10.5 Å². The first-order valence-electron chi connectivity index (χ1n) is 7.23. The van der Waals surface area contributed by atoms with Crippen LogP contribution in [0.4, 0.5) is 0 Å². The SMILES string of the molecule is COCC(C)N(C)C1CC(C(C)(C)C)CCC1N. The van der Waals surface area contributed by atoms with Crippen molar-refractivity contribution in [3.63, 3.8) is 0 Å². The monoisotopic (exact) mass is 256 g/mol. The van der Waals surface area contributed by atoms with Crippen LogP contribution in [0.15, 0.2) is 0 Å². The predicted octanol–water partition coefficient (Wildman–Crippen LogP) is 2.50. The second-order valence-electron chi connectivity index (χ2n) is 7.08. The highest BCUT2D eigenvalue weighted by Gasteiger charge is 2.37. The Hall–Kier alpha value is -0.120. The molecule has 0 saturated heterocycles. The second kappa shape index (κ2) is 6.36. The van der Waals surface area contributed by atoms with Gasteiger partial charge in [-0.1, -0.05) is 20.8 Å². The predicted molar refractivity (Wildman–Crippen MR) is 77.7 cm³/mol. The fourth-order valence-electron chi connectivity index (χ4n) is 3.11. The largest absolute Gasteiger partial charge is 0.383 e. The number of likely N-dealkylation sites (N-methyl/N-ethyl adjacent to an activating group) is 1. The molecule has 18 heavy (non-hydrogen) atoms. The zero-order chi connectivity index (χ0) is 13.9. The van der Waals surface area contributed by atoms with Crippen molar-refractivity contribution in [3.05, 3.63) is 0 Å². The van der Waals surface area contributed by atoms with Crippen molar-refractivity contribution in [2.45, 2.75) is 65.1 Å². The molecule has 4 atom stereocenters. The Bertz CT molecular complexity index is 249. The molecule has 0 radical (unpaired) electrons. The van der Waals surface area contributed by atoms with E-state index in [2.05, 4.69) is 39.6 Å². The summed E-state index contributed by atoms with van der Waals surface area (Å²) in [5, 5.41) is 0. The van der Waals surface area contributed by atoms with Crippen LogP contribution in [0.5, 0.6) is 0 Å². The zero-order valence-corrected chi connectivity index (χ0v) is 13.1. The first-order valence-corrected chi connectivity index (χ1v) is 7.23. The standard InChI is InChI=1S/C15H32N2O/c1-11(10-18-6)17(5)14-9-12(15(2,3)4)7-8-13(14)16/h11-14H,7-10,16H2,1-6H3. The highest BCUT2D eigenvalue weighted by Crippen LogP contribution is 2.39. The highest BCUT2D eigenvalue weighted by molar-refractivity contribution is 4.93. The van der Waals surface area contributed by atoms with Gasteiger partial charge >= 0.3 is 0 Å². The van der Waals surface area contributed by atoms with Crippen LogP contribution in [0, 0.1) is 11.3 Å². The van der Waals surface area contributed by atoms with Crippen molar-refractivity contribution in [2.24, 2.45) is 17.1 Å². The molecule has 0 amide bonds. The van der Waals surface area contributed by atoms with Crippen molar-refractivity contribution in [1.29, 1.82) is 0 Å². The van der Waals surface area contributed by atoms with Crippen LogP contribution < -0.4 is 5.73 Å². The third kappa shape index (κ3) is 3.94. The summed E-state index contributed by atoms with van der Waals surface area (Å²) in [5.41, 5.74) is 6.73. The van der Waals surface area contributed by atoms with Crippen LogP contribution in [0.3, 0.4) is 0 Å². The molecule has 0 aromatic heterocycles. The van der Waals surface area contributed by atoms with E-state index in [0.717, 1.165) is 18.9 Å². The maximum absolute atomic E-state index is 6.34. The number of rotatable bonds is 4. The molecule has 4 unspecified atom stereocenters. The molecule has 0 aromatic carbocycles. The van der Waals surface area contributed by atoms with E-state index in [4.69, 9.17) is 10.5 Å². The van der Waals surface area contributed by atoms with E-state index in [0.29, 0.717) is 23.5 Å². The summed E-state index contributed by atoms with van der Waals surface area (Å²) >= 11 is 0. The molecule has 3 heteroatoms. The molecule has 108 valence electrons. The first kappa shape index (κ1) is 15.9. The molecule has 1 aliphatic carbocycles. The Balaban J connectivity index is 2.67. The molecule has 1 saturated carbocycles. The van der Waals surface area contributed by atoms with Gasteiger partial charge in [-0.25, -0.2) is 0 Å². The molecule has 0 aliphatic heterocycles. The number of nitrogens with zero attached hydrogens (tertiary/aromatic N) is 1. The van der Waals surface area contributed by atoms with Gasteiger partial charge in [-0.05, 0) is 44.6 Å². The van der Waals surface area contributed by atoms with Crippen LogP contribution in [0.2, 0.25) is 0 Å². The molecule has 1 rings (SSSR count). The van der Waals surface area contributed by atoms with E-state index in [1.54, 1.807) is 7.11 Å². The maximum atomic E-state index is 6.34. The minimum atomic E-state index is 0.313. The van der Waals surface area contributed by atoms with Gasteiger partial charge in [-0.2, -0.15) is 0 Å². The smallest absolute Gasteiger partial charge is 0.0615 e. The second-order valence-corrected chi connectivity index (χ2v) is 7.08. The molecule has 0 heterocycles. The van der Waals surface area contributed by atoms with E-state index >= 15 is 0 Å². The summed E-state index contributed by atoms with van der Waals surface area (Å²) < 4.78 is 5.26. The van der Waals surface area contributed by atoms with Crippen LogP contribution in [-0.4, -0.2) is 43.8 Å². The van der Waals surface area contributed by atoms with Crippen molar-refractivity contribution >= 4 is 0 Å². The number of ether oxygens (including phenoxy) is 1. The lowest BCUT2D eigenvalue weighted by Gasteiger charge is -2.45. The van der Waals surface area contributed by atoms with Crippen molar-refractivity contribution in [3.8, 4) is 0 Å². The summed E-state index contributed by atoms with van der Waals surface area (Å²) in [7, 11) is 3.96. The van der Waals surface area contributed by atoms with Crippen LogP contribution >= 0.6 is 0 Å². The van der Waals surface area contributed by atoms with Crippen molar-refractivity contribution in [1.82, 2.24) is 4.90 Å².